The third-order valence-electron chi connectivity index (χ3n) is 4.57. The van der Waals surface area contributed by atoms with Crippen LogP contribution in [0.1, 0.15) is 19.4 Å². The van der Waals surface area contributed by atoms with Gasteiger partial charge in [0.1, 0.15) is 5.75 Å². The predicted molar refractivity (Wildman–Crippen MR) is 107 cm³/mol. The molecule has 132 valence electrons. The van der Waals surface area contributed by atoms with E-state index in [0.29, 0.717) is 15.1 Å². The number of nitrogens with zero attached hydrogens (tertiary/aromatic N) is 3. The predicted octanol–water partition coefficient (Wildman–Crippen LogP) is 3.01. The van der Waals surface area contributed by atoms with E-state index in [0.717, 1.165) is 29.8 Å². The number of aromatic hydroxyl groups is 1. The molecular formula is C20H19N3O2S. The van der Waals surface area contributed by atoms with E-state index in [1.54, 1.807) is 16.5 Å². The lowest BCUT2D eigenvalue weighted by Crippen LogP contribution is -2.23. The van der Waals surface area contributed by atoms with Gasteiger partial charge < -0.3 is 10.0 Å². The number of benzene rings is 2. The van der Waals surface area contributed by atoms with E-state index in [2.05, 4.69) is 23.7 Å². The van der Waals surface area contributed by atoms with Crippen LogP contribution >= 0.6 is 11.3 Å². The highest BCUT2D eigenvalue weighted by Gasteiger charge is 2.11. The minimum absolute atomic E-state index is 0.106. The van der Waals surface area contributed by atoms with Gasteiger partial charge in [0.25, 0.3) is 5.56 Å². The summed E-state index contributed by atoms with van der Waals surface area (Å²) in [6, 6.07) is 13.2. The summed E-state index contributed by atoms with van der Waals surface area (Å²) in [7, 11) is 0. The number of aromatic nitrogens is 2. The number of hydrogen-bond donors (Lipinski definition) is 1. The molecule has 0 aliphatic carbocycles. The van der Waals surface area contributed by atoms with Crippen LogP contribution in [0.15, 0.2) is 47.3 Å². The summed E-state index contributed by atoms with van der Waals surface area (Å²) >= 11 is 1.33. The second-order valence-electron chi connectivity index (χ2n) is 6.05. The molecule has 0 fully saturated rings. The van der Waals surface area contributed by atoms with Crippen LogP contribution in [0.5, 0.6) is 5.75 Å². The number of hydrogen-bond acceptors (Lipinski definition) is 5. The molecule has 2 heterocycles. The molecule has 0 bridgehead atoms. The Balaban J connectivity index is 1.84. The van der Waals surface area contributed by atoms with Gasteiger partial charge in [-0.3, -0.25) is 4.79 Å². The molecule has 26 heavy (non-hydrogen) atoms. The van der Waals surface area contributed by atoms with Gasteiger partial charge in [-0.1, -0.05) is 23.5 Å². The fourth-order valence-corrected chi connectivity index (χ4v) is 4.17. The summed E-state index contributed by atoms with van der Waals surface area (Å²) in [6.45, 7) is 5.91. The van der Waals surface area contributed by atoms with Crippen LogP contribution in [0, 0.1) is 0 Å². The Labute approximate surface area is 154 Å². The molecule has 0 unspecified atom stereocenters. The van der Waals surface area contributed by atoms with Crippen molar-refractivity contribution in [1.29, 1.82) is 0 Å². The third kappa shape index (κ3) is 2.63. The Morgan fingerprint density at radius 3 is 2.69 bits per heavy atom. The third-order valence-corrected chi connectivity index (χ3v) is 5.54. The molecule has 4 rings (SSSR count). The van der Waals surface area contributed by atoms with Crippen LogP contribution in [-0.4, -0.2) is 27.6 Å². The van der Waals surface area contributed by atoms with Crippen molar-refractivity contribution in [3.05, 3.63) is 62.9 Å². The fraction of sp³-hybridized carbons (Fsp3) is 0.200. The average molecular weight is 365 g/mol. The van der Waals surface area contributed by atoms with Crippen molar-refractivity contribution >= 4 is 39.1 Å². The van der Waals surface area contributed by atoms with Crippen LogP contribution in [-0.2, 0) is 0 Å². The quantitative estimate of drug-likeness (QED) is 0.604. The molecule has 0 aliphatic rings. The highest BCUT2D eigenvalue weighted by Crippen LogP contribution is 2.25. The van der Waals surface area contributed by atoms with Gasteiger partial charge in [-0.2, -0.15) is 0 Å². The highest BCUT2D eigenvalue weighted by atomic mass is 32.1. The minimum Gasteiger partial charge on any atom is -0.507 e. The Morgan fingerprint density at radius 2 is 1.96 bits per heavy atom. The van der Waals surface area contributed by atoms with Crippen LogP contribution in [0.2, 0.25) is 0 Å². The fourth-order valence-electron chi connectivity index (χ4n) is 3.19. The Kier molecular flexibility index (Phi) is 4.12. The smallest absolute Gasteiger partial charge is 0.274 e. The zero-order valence-corrected chi connectivity index (χ0v) is 15.5. The second kappa shape index (κ2) is 6.46. The number of imidazole rings is 1. The first-order valence-electron chi connectivity index (χ1n) is 8.62. The van der Waals surface area contributed by atoms with E-state index >= 15 is 0 Å². The lowest BCUT2D eigenvalue weighted by molar-refractivity contribution is 0.474. The van der Waals surface area contributed by atoms with Crippen LogP contribution in [0.3, 0.4) is 0 Å². The first-order chi connectivity index (χ1) is 12.6. The maximum absolute atomic E-state index is 12.8. The van der Waals surface area contributed by atoms with Gasteiger partial charge in [-0.15, -0.1) is 0 Å². The normalized spacial score (nSPS) is 12.3. The number of anilines is 1. The molecule has 0 saturated heterocycles. The molecule has 0 aliphatic heterocycles. The molecule has 2 aromatic heterocycles. The number of phenols is 1. The first kappa shape index (κ1) is 16.6. The lowest BCUT2D eigenvalue weighted by Gasteiger charge is -2.21. The van der Waals surface area contributed by atoms with Crippen molar-refractivity contribution in [2.75, 3.05) is 18.0 Å². The van der Waals surface area contributed by atoms with Gasteiger partial charge in [0.2, 0.25) is 0 Å². The Bertz CT molecular complexity index is 1210. The molecule has 0 spiro atoms. The van der Waals surface area contributed by atoms with Gasteiger partial charge in [-0.25, -0.2) is 9.38 Å². The van der Waals surface area contributed by atoms with Gasteiger partial charge in [-0.05, 0) is 44.2 Å². The Hall–Kier alpha value is -2.86. The topological polar surface area (TPSA) is 57.8 Å². The van der Waals surface area contributed by atoms with E-state index in [1.807, 2.05) is 36.4 Å². The van der Waals surface area contributed by atoms with E-state index in [-0.39, 0.29) is 11.3 Å². The van der Waals surface area contributed by atoms with Crippen LogP contribution in [0.25, 0.3) is 22.1 Å². The molecule has 1 N–H and O–H groups in total. The molecule has 2 aromatic carbocycles. The SMILES string of the molecule is CCN(CC)c1ccc(C=c2sc3nc4ccccc4n3c2=O)c(O)c1. The summed E-state index contributed by atoms with van der Waals surface area (Å²) in [6.07, 6.45) is 1.73. The average Bonchev–Trinajstić information content (AvgIpc) is 3.15. The molecule has 0 atom stereocenters. The zero-order valence-electron chi connectivity index (χ0n) is 14.6. The lowest BCUT2D eigenvalue weighted by atomic mass is 10.1. The van der Waals surface area contributed by atoms with E-state index in [4.69, 9.17) is 0 Å². The van der Waals surface area contributed by atoms with Crippen molar-refractivity contribution in [2.45, 2.75) is 13.8 Å². The van der Waals surface area contributed by atoms with Gasteiger partial charge in [0.05, 0.1) is 15.6 Å². The maximum Gasteiger partial charge on any atom is 0.274 e. The zero-order chi connectivity index (χ0) is 18.3. The van der Waals surface area contributed by atoms with Crippen molar-refractivity contribution in [1.82, 2.24) is 9.38 Å². The van der Waals surface area contributed by atoms with Gasteiger partial charge >= 0.3 is 0 Å². The van der Waals surface area contributed by atoms with Crippen molar-refractivity contribution in [3.8, 4) is 5.75 Å². The van der Waals surface area contributed by atoms with Crippen molar-refractivity contribution in [2.24, 2.45) is 0 Å². The molecule has 5 nitrogen and oxygen atoms in total. The second-order valence-corrected chi connectivity index (χ2v) is 7.06. The number of thiazole rings is 1. The van der Waals surface area contributed by atoms with E-state index < -0.39 is 0 Å². The molecule has 0 amide bonds. The first-order valence-corrected chi connectivity index (χ1v) is 9.43. The molecular weight excluding hydrogens is 346 g/mol. The molecule has 0 radical (unpaired) electrons. The molecule has 6 heteroatoms. The summed E-state index contributed by atoms with van der Waals surface area (Å²) in [4.78, 5) is 20.1. The van der Waals surface area contributed by atoms with Crippen molar-refractivity contribution in [3.63, 3.8) is 0 Å². The van der Waals surface area contributed by atoms with Gasteiger partial charge in [0.15, 0.2) is 4.96 Å². The number of para-hydroxylation sites is 2. The van der Waals surface area contributed by atoms with Crippen molar-refractivity contribution < 1.29 is 5.11 Å². The number of rotatable bonds is 4. The summed E-state index contributed by atoms with van der Waals surface area (Å²) in [5, 5.41) is 10.4. The summed E-state index contributed by atoms with van der Waals surface area (Å²) in [5.74, 6) is 0.171. The highest BCUT2D eigenvalue weighted by molar-refractivity contribution is 7.15. The minimum atomic E-state index is -0.106. The van der Waals surface area contributed by atoms with E-state index in [1.165, 1.54) is 11.3 Å². The molecule has 0 saturated carbocycles. The summed E-state index contributed by atoms with van der Waals surface area (Å²) in [5.41, 5.74) is 3.12. The van der Waals surface area contributed by atoms with Gasteiger partial charge in [0, 0.05) is 30.4 Å². The van der Waals surface area contributed by atoms with Crippen LogP contribution < -0.4 is 15.0 Å². The standard InChI is InChI=1S/C20H19N3O2S/c1-3-22(4-2)14-10-9-13(17(24)12-14)11-18-19(25)23-16-8-6-5-7-15(16)21-20(23)26-18/h5-12,24H,3-4H2,1-2H3. The van der Waals surface area contributed by atoms with E-state index in [9.17, 15) is 9.90 Å². The Morgan fingerprint density at radius 1 is 1.19 bits per heavy atom. The maximum atomic E-state index is 12.8. The number of fused-ring (bicyclic) bond motifs is 3. The largest absolute Gasteiger partial charge is 0.507 e. The van der Waals surface area contributed by atoms with Crippen LogP contribution in [0.4, 0.5) is 5.69 Å². The molecule has 4 aromatic rings. The number of phenolic OH excluding ortho intramolecular Hbond substituents is 1. The summed E-state index contributed by atoms with van der Waals surface area (Å²) < 4.78 is 2.19. The monoisotopic (exact) mass is 365 g/mol.